The second kappa shape index (κ2) is 11.3. The van der Waals surface area contributed by atoms with E-state index in [0.717, 1.165) is 25.7 Å². The van der Waals surface area contributed by atoms with Crippen molar-refractivity contribution in [1.29, 1.82) is 0 Å². The maximum atomic E-state index is 13.4. The molecule has 184 valence electrons. The fraction of sp³-hybridized carbons (Fsp3) is 0.360. The molecule has 1 aliphatic carbocycles. The van der Waals surface area contributed by atoms with Crippen molar-refractivity contribution in [2.75, 3.05) is 20.8 Å². The average molecular weight is 607 g/mol. The molecule has 1 aliphatic rings. The van der Waals surface area contributed by atoms with Gasteiger partial charge in [0.1, 0.15) is 5.82 Å². The Morgan fingerprint density at radius 1 is 1.17 bits per heavy atom. The lowest BCUT2D eigenvalue weighted by Crippen LogP contribution is -2.25. The van der Waals surface area contributed by atoms with Crippen LogP contribution in [0.15, 0.2) is 49.2 Å². The van der Waals surface area contributed by atoms with E-state index < -0.39 is 5.97 Å². The van der Waals surface area contributed by atoms with Crippen molar-refractivity contribution in [3.63, 3.8) is 0 Å². The van der Waals surface area contributed by atoms with E-state index in [9.17, 15) is 9.59 Å². The molecular weight excluding hydrogens is 582 g/mol. The van der Waals surface area contributed by atoms with E-state index >= 15 is 0 Å². The van der Waals surface area contributed by atoms with Crippen molar-refractivity contribution in [1.82, 2.24) is 9.66 Å². The van der Waals surface area contributed by atoms with E-state index in [1.54, 1.807) is 18.3 Å². The molecule has 0 atom stereocenters. The standard InChI is InChI=1S/C25H25Br2N3O5/c1-33-19-12-16(21(26)22(27)23(19)35-14-20(31)34-2)13-28-30-24(15-8-4-3-5-9-15)29-18-11-7-6-10-17(18)25(30)32/h6-7,10-13,15H,3-5,8-9,14H2,1-2H3. The Balaban J connectivity index is 1.78. The van der Waals surface area contributed by atoms with Gasteiger partial charge in [-0.2, -0.15) is 9.78 Å². The van der Waals surface area contributed by atoms with Gasteiger partial charge in [-0.25, -0.2) is 9.78 Å². The van der Waals surface area contributed by atoms with Gasteiger partial charge in [0.15, 0.2) is 18.1 Å². The number of ether oxygens (including phenoxy) is 3. The van der Waals surface area contributed by atoms with E-state index in [1.807, 2.05) is 18.2 Å². The molecule has 0 N–H and O–H groups in total. The van der Waals surface area contributed by atoms with Gasteiger partial charge in [0.25, 0.3) is 5.56 Å². The molecule has 8 nitrogen and oxygen atoms in total. The summed E-state index contributed by atoms with van der Waals surface area (Å²) in [5, 5.41) is 5.11. The largest absolute Gasteiger partial charge is 0.493 e. The third-order valence-electron chi connectivity index (χ3n) is 6.00. The lowest BCUT2D eigenvalue weighted by Gasteiger charge is -2.22. The summed E-state index contributed by atoms with van der Waals surface area (Å²) in [6.45, 7) is -0.270. The molecule has 1 fully saturated rings. The van der Waals surface area contributed by atoms with Crippen molar-refractivity contribution in [2.24, 2.45) is 5.10 Å². The maximum absolute atomic E-state index is 13.4. The predicted molar refractivity (Wildman–Crippen MR) is 141 cm³/mol. The normalized spacial score (nSPS) is 14.4. The molecule has 4 rings (SSSR count). The van der Waals surface area contributed by atoms with Crippen LogP contribution in [0.5, 0.6) is 11.5 Å². The molecule has 1 saturated carbocycles. The number of halogens is 2. The van der Waals surface area contributed by atoms with Gasteiger partial charge < -0.3 is 14.2 Å². The second-order valence-electron chi connectivity index (χ2n) is 8.17. The Hall–Kier alpha value is -2.72. The van der Waals surface area contributed by atoms with Gasteiger partial charge in [-0.15, -0.1) is 0 Å². The first-order valence-electron chi connectivity index (χ1n) is 11.3. The van der Waals surface area contributed by atoms with Crippen molar-refractivity contribution in [3.05, 3.63) is 61.0 Å². The minimum atomic E-state index is -0.515. The highest BCUT2D eigenvalue weighted by Gasteiger charge is 2.23. The van der Waals surface area contributed by atoms with Gasteiger partial charge in [0.2, 0.25) is 0 Å². The number of carbonyl (C=O) groups excluding carboxylic acids is 1. The van der Waals surface area contributed by atoms with Gasteiger partial charge in [-0.1, -0.05) is 31.4 Å². The number of esters is 1. The Kier molecular flexibility index (Phi) is 8.22. The average Bonchev–Trinajstić information content (AvgIpc) is 2.89. The predicted octanol–water partition coefficient (Wildman–Crippen LogP) is 5.41. The quantitative estimate of drug-likeness (QED) is 0.264. The van der Waals surface area contributed by atoms with Crippen LogP contribution in [0.25, 0.3) is 10.9 Å². The first-order chi connectivity index (χ1) is 16.9. The fourth-order valence-electron chi connectivity index (χ4n) is 4.17. The summed E-state index contributed by atoms with van der Waals surface area (Å²) < 4.78 is 18.3. The van der Waals surface area contributed by atoms with E-state index in [0.29, 0.717) is 42.7 Å². The number of para-hydroxylation sites is 1. The zero-order valence-electron chi connectivity index (χ0n) is 19.4. The number of benzene rings is 2. The second-order valence-corrected chi connectivity index (χ2v) is 9.76. The summed E-state index contributed by atoms with van der Waals surface area (Å²) in [5.41, 5.74) is 1.13. The molecule has 0 unspecified atom stereocenters. The molecule has 35 heavy (non-hydrogen) atoms. The summed E-state index contributed by atoms with van der Waals surface area (Å²) in [6, 6.07) is 9.06. The van der Waals surface area contributed by atoms with E-state index in [2.05, 4.69) is 41.7 Å². The molecule has 0 saturated heterocycles. The number of carbonyl (C=O) groups is 1. The van der Waals surface area contributed by atoms with Crippen molar-refractivity contribution >= 4 is 54.9 Å². The van der Waals surface area contributed by atoms with Crippen LogP contribution in [-0.2, 0) is 9.53 Å². The summed E-state index contributed by atoms with van der Waals surface area (Å²) >= 11 is 7.05. The summed E-state index contributed by atoms with van der Waals surface area (Å²) in [5.74, 6) is 1.08. The van der Waals surface area contributed by atoms with E-state index in [4.69, 9.17) is 14.5 Å². The number of hydrogen-bond donors (Lipinski definition) is 0. The maximum Gasteiger partial charge on any atom is 0.343 e. The van der Waals surface area contributed by atoms with Crippen molar-refractivity contribution < 1.29 is 19.0 Å². The monoisotopic (exact) mass is 605 g/mol. The van der Waals surface area contributed by atoms with Crippen LogP contribution in [0.1, 0.15) is 49.4 Å². The molecule has 1 heterocycles. The number of hydrogen-bond acceptors (Lipinski definition) is 7. The minimum absolute atomic E-state index is 0.178. The van der Waals surface area contributed by atoms with Crippen LogP contribution in [0.3, 0.4) is 0 Å². The van der Waals surface area contributed by atoms with Gasteiger partial charge in [-0.05, 0) is 62.9 Å². The topological polar surface area (TPSA) is 92.0 Å². The molecule has 0 radical (unpaired) electrons. The van der Waals surface area contributed by atoms with Crippen LogP contribution >= 0.6 is 31.9 Å². The molecule has 2 aromatic carbocycles. The van der Waals surface area contributed by atoms with Crippen molar-refractivity contribution in [2.45, 2.75) is 38.0 Å². The number of aromatic nitrogens is 2. The molecule has 3 aromatic rings. The number of nitrogens with zero attached hydrogens (tertiary/aromatic N) is 3. The highest BCUT2D eigenvalue weighted by atomic mass is 79.9. The summed E-state index contributed by atoms with van der Waals surface area (Å²) in [7, 11) is 2.79. The molecule has 10 heteroatoms. The van der Waals surface area contributed by atoms with Gasteiger partial charge in [0, 0.05) is 16.0 Å². The number of methoxy groups -OCH3 is 2. The van der Waals surface area contributed by atoms with Gasteiger partial charge in [0.05, 0.1) is 35.8 Å². The van der Waals surface area contributed by atoms with E-state index in [1.165, 1.54) is 25.3 Å². The molecule has 0 spiro atoms. The van der Waals surface area contributed by atoms with Crippen LogP contribution in [0, 0.1) is 0 Å². The third kappa shape index (κ3) is 5.43. The zero-order valence-corrected chi connectivity index (χ0v) is 22.6. The molecular formula is C25H25Br2N3O5. The van der Waals surface area contributed by atoms with Crippen LogP contribution in [0.4, 0.5) is 0 Å². The van der Waals surface area contributed by atoms with Gasteiger partial charge >= 0.3 is 5.97 Å². The smallest absolute Gasteiger partial charge is 0.343 e. The molecule has 0 amide bonds. The number of rotatable bonds is 7. The summed E-state index contributed by atoms with van der Waals surface area (Å²) in [4.78, 5) is 29.8. The lowest BCUT2D eigenvalue weighted by atomic mass is 9.88. The highest BCUT2D eigenvalue weighted by molar-refractivity contribution is 9.13. The Morgan fingerprint density at radius 3 is 2.63 bits per heavy atom. The Morgan fingerprint density at radius 2 is 1.91 bits per heavy atom. The van der Waals surface area contributed by atoms with Crippen LogP contribution in [-0.4, -0.2) is 42.7 Å². The van der Waals surface area contributed by atoms with Gasteiger partial charge in [-0.3, -0.25) is 4.79 Å². The third-order valence-corrected chi connectivity index (χ3v) is 8.14. The molecule has 0 aliphatic heterocycles. The highest BCUT2D eigenvalue weighted by Crippen LogP contribution is 2.42. The van der Waals surface area contributed by atoms with E-state index in [-0.39, 0.29) is 18.1 Å². The molecule has 1 aromatic heterocycles. The first-order valence-corrected chi connectivity index (χ1v) is 12.8. The van der Waals surface area contributed by atoms with Crippen molar-refractivity contribution in [3.8, 4) is 11.5 Å². The Labute approximate surface area is 219 Å². The van der Waals surface area contributed by atoms with Crippen LogP contribution < -0.4 is 15.0 Å². The zero-order chi connectivity index (χ0) is 24.9. The Bertz CT molecular complexity index is 1330. The first kappa shape index (κ1) is 25.4. The fourth-order valence-corrected chi connectivity index (χ4v) is 5.11. The lowest BCUT2D eigenvalue weighted by molar-refractivity contribution is -0.142. The molecule has 0 bridgehead atoms. The SMILES string of the molecule is COC(=O)COc1c(OC)cc(C=Nn2c(C3CCCCC3)nc3ccccc3c2=O)c(Br)c1Br. The number of fused-ring (bicyclic) bond motifs is 1. The summed E-state index contributed by atoms with van der Waals surface area (Å²) in [6.07, 6.45) is 6.97. The van der Waals surface area contributed by atoms with Crippen LogP contribution in [0.2, 0.25) is 0 Å². The minimum Gasteiger partial charge on any atom is -0.493 e.